The Morgan fingerprint density at radius 3 is 2.79 bits per heavy atom. The van der Waals surface area contributed by atoms with Crippen LogP contribution in [0.25, 0.3) is 0 Å². The van der Waals surface area contributed by atoms with Crippen LogP contribution < -0.4 is 5.32 Å². The van der Waals surface area contributed by atoms with Gasteiger partial charge >= 0.3 is 0 Å². The maximum absolute atomic E-state index is 9.79. The number of nitrogens with zero attached hydrogens (tertiary/aromatic N) is 1. The summed E-state index contributed by atoms with van der Waals surface area (Å²) in [7, 11) is 2.08. The van der Waals surface area contributed by atoms with Crippen LogP contribution in [0.3, 0.4) is 0 Å². The van der Waals surface area contributed by atoms with Crippen molar-refractivity contribution in [3.05, 3.63) is 59.3 Å². The second-order valence-corrected chi connectivity index (χ2v) is 10.2. The molecule has 0 spiro atoms. The lowest BCUT2D eigenvalue weighted by atomic mass is 9.79. The van der Waals surface area contributed by atoms with Gasteiger partial charge in [-0.25, -0.2) is 0 Å². The molecule has 148 valence electrons. The molecule has 2 heterocycles. The summed E-state index contributed by atoms with van der Waals surface area (Å²) in [5, 5.41) is 13.6. The second-order valence-electron chi connectivity index (χ2n) is 9.20. The number of nitrogens with one attached hydrogen (secondary N) is 1. The smallest absolute Gasteiger partial charge is 0.139 e. The van der Waals surface area contributed by atoms with Crippen molar-refractivity contribution >= 4 is 19.6 Å². The van der Waals surface area contributed by atoms with Crippen molar-refractivity contribution in [2.24, 2.45) is 10.8 Å². The van der Waals surface area contributed by atoms with Crippen molar-refractivity contribution in [1.29, 1.82) is 5.26 Å². The molecule has 2 atom stereocenters. The highest BCUT2D eigenvalue weighted by molar-refractivity contribution is 7.99. The summed E-state index contributed by atoms with van der Waals surface area (Å²) in [5.41, 5.74) is 6.51. The Hall–Kier alpha value is -1.60. The first-order valence-electron chi connectivity index (χ1n) is 10.5. The SMILES string of the molecule is BC(=C)C(=C/C=C)/C1=C(\C)CC2NC(CC3(C#N)CCCC3)=CC2(C)CSC1. The van der Waals surface area contributed by atoms with Crippen LogP contribution in [0, 0.1) is 22.2 Å². The van der Waals surface area contributed by atoms with E-state index in [4.69, 9.17) is 0 Å². The summed E-state index contributed by atoms with van der Waals surface area (Å²) in [4.78, 5) is 0. The molecule has 2 unspecified atom stereocenters. The van der Waals surface area contributed by atoms with Crippen LogP contribution in [0.4, 0.5) is 0 Å². The molecule has 1 fully saturated rings. The molecule has 1 N–H and O–H groups in total. The predicted octanol–water partition coefficient (Wildman–Crippen LogP) is 5.04. The van der Waals surface area contributed by atoms with E-state index in [2.05, 4.69) is 58.4 Å². The maximum atomic E-state index is 9.79. The molecule has 1 saturated carbocycles. The molecule has 0 saturated heterocycles. The van der Waals surface area contributed by atoms with Gasteiger partial charge in [-0.2, -0.15) is 17.0 Å². The predicted molar refractivity (Wildman–Crippen MR) is 125 cm³/mol. The van der Waals surface area contributed by atoms with Gasteiger partial charge in [0.1, 0.15) is 7.85 Å². The van der Waals surface area contributed by atoms with Crippen molar-refractivity contribution in [2.45, 2.75) is 58.4 Å². The minimum atomic E-state index is -0.141. The molecule has 28 heavy (non-hydrogen) atoms. The normalized spacial score (nSPS) is 32.4. The van der Waals surface area contributed by atoms with Crippen molar-refractivity contribution < 1.29 is 0 Å². The molecule has 0 aromatic rings. The molecule has 2 nitrogen and oxygen atoms in total. The second kappa shape index (κ2) is 8.41. The van der Waals surface area contributed by atoms with Gasteiger partial charge in [-0.3, -0.25) is 0 Å². The fourth-order valence-corrected chi connectivity index (χ4v) is 6.49. The summed E-state index contributed by atoms with van der Waals surface area (Å²) >= 11 is 2.01. The van der Waals surface area contributed by atoms with Gasteiger partial charge in [0.25, 0.3) is 0 Å². The number of hydrogen-bond donors (Lipinski definition) is 1. The van der Waals surface area contributed by atoms with Crippen LogP contribution in [0.15, 0.2) is 59.3 Å². The average molecular weight is 392 g/mol. The number of hydrogen-bond acceptors (Lipinski definition) is 3. The molecule has 3 rings (SSSR count). The van der Waals surface area contributed by atoms with Gasteiger partial charge in [0, 0.05) is 35.1 Å². The van der Waals surface area contributed by atoms with Crippen LogP contribution in [-0.4, -0.2) is 25.4 Å². The van der Waals surface area contributed by atoms with Gasteiger partial charge in [-0.1, -0.05) is 55.6 Å². The van der Waals surface area contributed by atoms with Crippen LogP contribution in [-0.2, 0) is 0 Å². The number of fused-ring (bicyclic) bond motifs is 1. The van der Waals surface area contributed by atoms with Gasteiger partial charge in [0.15, 0.2) is 0 Å². The monoisotopic (exact) mass is 392 g/mol. The number of nitriles is 1. The van der Waals surface area contributed by atoms with Crippen molar-refractivity contribution in [2.75, 3.05) is 11.5 Å². The first-order chi connectivity index (χ1) is 13.3. The van der Waals surface area contributed by atoms with Gasteiger partial charge in [-0.15, -0.1) is 6.58 Å². The zero-order valence-corrected chi connectivity index (χ0v) is 18.6. The van der Waals surface area contributed by atoms with E-state index in [0.717, 1.165) is 42.7 Å². The highest BCUT2D eigenvalue weighted by Gasteiger charge is 2.42. The van der Waals surface area contributed by atoms with Crippen molar-refractivity contribution in [3.63, 3.8) is 0 Å². The highest BCUT2D eigenvalue weighted by Crippen LogP contribution is 2.47. The van der Waals surface area contributed by atoms with Gasteiger partial charge in [-0.05, 0) is 37.3 Å². The number of allylic oxidation sites excluding steroid dienone is 5. The van der Waals surface area contributed by atoms with E-state index in [0.29, 0.717) is 6.04 Å². The Kier molecular flexibility index (Phi) is 6.35. The largest absolute Gasteiger partial charge is 0.385 e. The van der Waals surface area contributed by atoms with Gasteiger partial charge < -0.3 is 5.32 Å². The minimum absolute atomic E-state index is 0.141. The standard InChI is InChI=1S/C24H33BN2S/c1-5-8-20(18(3)25)21-14-28-16-23(4)12-19(27-22(23)11-17(21)2)13-24(15-26)9-6-7-10-24/h5,8,12,22,27H,1,3,6-7,9-11,13-14,16,25H2,2,4H3/b20-8-,21-17+. The third kappa shape index (κ3) is 4.20. The van der Waals surface area contributed by atoms with E-state index in [1.54, 1.807) is 0 Å². The lowest BCUT2D eigenvalue weighted by molar-refractivity contribution is 0.353. The molecule has 0 radical (unpaired) electrons. The van der Waals surface area contributed by atoms with E-state index in [-0.39, 0.29) is 10.8 Å². The zero-order valence-electron chi connectivity index (χ0n) is 17.7. The highest BCUT2D eigenvalue weighted by atomic mass is 32.2. The third-order valence-electron chi connectivity index (χ3n) is 6.74. The van der Waals surface area contributed by atoms with E-state index >= 15 is 0 Å². The first kappa shape index (κ1) is 21.1. The lowest BCUT2D eigenvalue weighted by Gasteiger charge is -2.34. The Balaban J connectivity index is 1.83. The summed E-state index contributed by atoms with van der Waals surface area (Å²) in [6.07, 6.45) is 12.9. The Morgan fingerprint density at radius 1 is 1.46 bits per heavy atom. The number of rotatable bonds is 5. The lowest BCUT2D eigenvalue weighted by Crippen LogP contribution is -2.39. The molecular weight excluding hydrogens is 359 g/mol. The Morgan fingerprint density at radius 2 is 2.18 bits per heavy atom. The van der Waals surface area contributed by atoms with Crippen molar-refractivity contribution in [1.82, 2.24) is 5.32 Å². The van der Waals surface area contributed by atoms with E-state index < -0.39 is 0 Å². The number of thioether (sulfide) groups is 1. The van der Waals surface area contributed by atoms with E-state index in [9.17, 15) is 5.26 Å². The first-order valence-corrected chi connectivity index (χ1v) is 11.6. The Bertz CT molecular complexity index is 792. The molecule has 0 aromatic heterocycles. The van der Waals surface area contributed by atoms with Crippen LogP contribution in [0.1, 0.15) is 52.4 Å². The molecule has 3 aliphatic rings. The van der Waals surface area contributed by atoms with Crippen LogP contribution in [0.2, 0.25) is 0 Å². The third-order valence-corrected chi connectivity index (χ3v) is 8.06. The average Bonchev–Trinajstić information content (AvgIpc) is 3.21. The van der Waals surface area contributed by atoms with Gasteiger partial charge in [0.05, 0.1) is 11.5 Å². The minimum Gasteiger partial charge on any atom is -0.385 e. The van der Waals surface area contributed by atoms with Crippen molar-refractivity contribution in [3.8, 4) is 6.07 Å². The molecule has 1 aliphatic carbocycles. The molecule has 0 aromatic carbocycles. The van der Waals surface area contributed by atoms with E-state index in [1.807, 2.05) is 17.8 Å². The maximum Gasteiger partial charge on any atom is 0.139 e. The molecular formula is C24H33BN2S. The summed E-state index contributed by atoms with van der Waals surface area (Å²) in [6, 6.07) is 3.06. The fourth-order valence-electron chi connectivity index (χ4n) is 5.05. The molecule has 2 aliphatic heterocycles. The zero-order chi connectivity index (χ0) is 20.4. The quantitative estimate of drug-likeness (QED) is 0.526. The van der Waals surface area contributed by atoms with Crippen LogP contribution >= 0.6 is 11.8 Å². The van der Waals surface area contributed by atoms with Gasteiger partial charge in [0.2, 0.25) is 0 Å². The summed E-state index contributed by atoms with van der Waals surface area (Å²) in [6.45, 7) is 12.7. The van der Waals surface area contributed by atoms with E-state index in [1.165, 1.54) is 35.3 Å². The Labute approximate surface area is 176 Å². The summed E-state index contributed by atoms with van der Waals surface area (Å²) < 4.78 is 0. The summed E-state index contributed by atoms with van der Waals surface area (Å²) in [5.74, 6) is 2.12. The molecule has 0 bridgehead atoms. The topological polar surface area (TPSA) is 35.8 Å². The molecule has 0 amide bonds. The molecule has 4 heteroatoms. The fraction of sp³-hybridized carbons (Fsp3) is 0.542. The van der Waals surface area contributed by atoms with Crippen LogP contribution in [0.5, 0.6) is 0 Å².